The summed E-state index contributed by atoms with van der Waals surface area (Å²) in [4.78, 5) is 9.40. The average molecular weight is 136 g/mol. The van der Waals surface area contributed by atoms with E-state index in [0.29, 0.717) is 6.42 Å². The van der Waals surface area contributed by atoms with E-state index in [-0.39, 0.29) is 17.1 Å². The molecular weight excluding hydrogens is 128 g/mol. The predicted molar refractivity (Wildman–Crippen MR) is 21.0 cm³/mol. The van der Waals surface area contributed by atoms with Crippen molar-refractivity contribution >= 4 is 6.29 Å². The molecule has 0 aliphatic heterocycles. The first kappa shape index (κ1) is 9.50. The van der Waals surface area contributed by atoms with Gasteiger partial charge in [-0.3, -0.25) is 0 Å². The van der Waals surface area contributed by atoms with E-state index in [4.69, 9.17) is 0 Å². The molecule has 0 bridgehead atoms. The quantitative estimate of drug-likeness (QED) is 0.408. The second-order valence-electron chi connectivity index (χ2n) is 0.955. The number of carbonyl (C=O) groups excluding carboxylic acids is 1. The fraction of sp³-hybridized carbons (Fsp3) is 0.750. The summed E-state index contributed by atoms with van der Waals surface area (Å²) in [7, 11) is 0. The van der Waals surface area contributed by atoms with E-state index in [2.05, 4.69) is 0 Å². The molecule has 0 heterocycles. The number of unbranched alkanes of at least 4 members (excludes halogenated alkanes) is 1. The fourth-order valence-corrected chi connectivity index (χ4v) is 0.118. The van der Waals surface area contributed by atoms with Crippen LogP contribution in [0.2, 0.25) is 0 Å². The number of rotatable bonds is 2. The van der Waals surface area contributed by atoms with Crippen LogP contribution in [0.15, 0.2) is 0 Å². The third-order valence-corrected chi connectivity index (χ3v) is 0.407. The maximum absolute atomic E-state index is 9.40. The molecule has 0 aliphatic rings. The van der Waals surface area contributed by atoms with Gasteiger partial charge in [-0.25, -0.2) is 0 Å². The molecule has 0 rings (SSSR count). The summed E-state index contributed by atoms with van der Waals surface area (Å²) in [5, 5.41) is 0. The third kappa shape index (κ3) is 8.89. The van der Waals surface area contributed by atoms with Gasteiger partial charge in [-0.05, 0) is 6.42 Å². The SMILES string of the molecule is CCCC=O.[Cu]. The Hall–Kier alpha value is 0.189. The Morgan fingerprint density at radius 1 is 1.67 bits per heavy atom. The number of hydrogen-bond donors (Lipinski definition) is 0. The van der Waals surface area contributed by atoms with Crippen LogP contribution in [0.25, 0.3) is 0 Å². The zero-order valence-corrected chi connectivity index (χ0v) is 4.64. The summed E-state index contributed by atoms with van der Waals surface area (Å²) in [6.45, 7) is 1.98. The van der Waals surface area contributed by atoms with E-state index in [1.807, 2.05) is 6.92 Å². The Bertz CT molecular complexity index is 28.7. The van der Waals surface area contributed by atoms with Crippen molar-refractivity contribution in [3.63, 3.8) is 0 Å². The molecule has 0 saturated heterocycles. The molecule has 0 saturated carbocycles. The molecule has 2 heteroatoms. The summed E-state index contributed by atoms with van der Waals surface area (Å²) in [6.07, 6.45) is 2.61. The van der Waals surface area contributed by atoms with Crippen molar-refractivity contribution in [2.75, 3.05) is 0 Å². The van der Waals surface area contributed by atoms with Crippen molar-refractivity contribution in [1.82, 2.24) is 0 Å². The first-order valence-corrected chi connectivity index (χ1v) is 1.85. The molecule has 0 fully saturated rings. The number of aldehydes is 1. The van der Waals surface area contributed by atoms with Gasteiger partial charge in [0.2, 0.25) is 0 Å². The average Bonchev–Trinajstić information content (AvgIpc) is 1.41. The minimum Gasteiger partial charge on any atom is -0.303 e. The van der Waals surface area contributed by atoms with Crippen molar-refractivity contribution in [3.8, 4) is 0 Å². The molecule has 0 aromatic heterocycles. The van der Waals surface area contributed by atoms with Crippen LogP contribution in [0.3, 0.4) is 0 Å². The van der Waals surface area contributed by atoms with Crippen LogP contribution in [0.1, 0.15) is 19.8 Å². The van der Waals surface area contributed by atoms with Crippen LogP contribution < -0.4 is 0 Å². The molecule has 0 amide bonds. The standard InChI is InChI=1S/C4H8O.Cu/c1-2-3-4-5;/h4H,2-3H2,1H3;. The van der Waals surface area contributed by atoms with Crippen LogP contribution in [0.5, 0.6) is 0 Å². The molecule has 0 N–H and O–H groups in total. The van der Waals surface area contributed by atoms with Crippen molar-refractivity contribution in [1.29, 1.82) is 0 Å². The molecule has 0 aromatic rings. The van der Waals surface area contributed by atoms with E-state index in [1.165, 1.54) is 0 Å². The fourth-order valence-electron chi connectivity index (χ4n) is 0.118. The summed E-state index contributed by atoms with van der Waals surface area (Å²) in [5.74, 6) is 0. The van der Waals surface area contributed by atoms with E-state index in [9.17, 15) is 4.79 Å². The molecule has 0 unspecified atom stereocenters. The van der Waals surface area contributed by atoms with Gasteiger partial charge in [-0.2, -0.15) is 0 Å². The Morgan fingerprint density at radius 2 is 2.17 bits per heavy atom. The monoisotopic (exact) mass is 135 g/mol. The minimum absolute atomic E-state index is 0. The second kappa shape index (κ2) is 8.95. The Morgan fingerprint density at radius 3 is 2.17 bits per heavy atom. The second-order valence-corrected chi connectivity index (χ2v) is 0.955. The number of hydrogen-bond acceptors (Lipinski definition) is 1. The van der Waals surface area contributed by atoms with Gasteiger partial charge in [0.25, 0.3) is 0 Å². The van der Waals surface area contributed by atoms with Crippen LogP contribution >= 0.6 is 0 Å². The van der Waals surface area contributed by atoms with Crippen LogP contribution in [0, 0.1) is 0 Å². The predicted octanol–water partition coefficient (Wildman–Crippen LogP) is 0.983. The maximum Gasteiger partial charge on any atom is 0.119 e. The Kier molecular flexibility index (Phi) is 14.2. The summed E-state index contributed by atoms with van der Waals surface area (Å²) in [5.41, 5.74) is 0. The summed E-state index contributed by atoms with van der Waals surface area (Å²) >= 11 is 0. The molecule has 0 aliphatic carbocycles. The minimum atomic E-state index is 0. The molecule has 0 spiro atoms. The van der Waals surface area contributed by atoms with Crippen molar-refractivity contribution in [2.45, 2.75) is 19.8 Å². The van der Waals surface area contributed by atoms with E-state index < -0.39 is 0 Å². The molecule has 0 aromatic carbocycles. The van der Waals surface area contributed by atoms with Crippen LogP contribution in [0.4, 0.5) is 0 Å². The topological polar surface area (TPSA) is 17.1 Å². The normalized spacial score (nSPS) is 6.17. The van der Waals surface area contributed by atoms with Gasteiger partial charge in [0.15, 0.2) is 0 Å². The Labute approximate surface area is 48.6 Å². The zero-order valence-electron chi connectivity index (χ0n) is 3.70. The van der Waals surface area contributed by atoms with Gasteiger partial charge < -0.3 is 4.79 Å². The smallest absolute Gasteiger partial charge is 0.119 e. The first-order chi connectivity index (χ1) is 2.41. The van der Waals surface area contributed by atoms with Crippen LogP contribution in [-0.4, -0.2) is 6.29 Å². The van der Waals surface area contributed by atoms with Crippen molar-refractivity contribution < 1.29 is 21.9 Å². The van der Waals surface area contributed by atoms with Gasteiger partial charge >= 0.3 is 0 Å². The maximum atomic E-state index is 9.40. The van der Waals surface area contributed by atoms with Gasteiger partial charge in [0.05, 0.1) is 0 Å². The number of carbonyl (C=O) groups is 1. The van der Waals surface area contributed by atoms with Gasteiger partial charge in [0, 0.05) is 23.5 Å². The Balaban J connectivity index is 0. The largest absolute Gasteiger partial charge is 0.303 e. The van der Waals surface area contributed by atoms with Crippen molar-refractivity contribution in [2.24, 2.45) is 0 Å². The zero-order chi connectivity index (χ0) is 4.12. The molecular formula is C4H8CuO. The van der Waals surface area contributed by atoms with Gasteiger partial charge in [-0.15, -0.1) is 0 Å². The summed E-state index contributed by atoms with van der Waals surface area (Å²) < 4.78 is 0. The third-order valence-electron chi connectivity index (χ3n) is 0.407. The van der Waals surface area contributed by atoms with Crippen molar-refractivity contribution in [3.05, 3.63) is 0 Å². The molecule has 41 valence electrons. The molecule has 1 radical (unpaired) electrons. The van der Waals surface area contributed by atoms with Gasteiger partial charge in [0.1, 0.15) is 6.29 Å². The van der Waals surface area contributed by atoms with E-state index >= 15 is 0 Å². The first-order valence-electron chi connectivity index (χ1n) is 1.85. The molecule has 1 nitrogen and oxygen atoms in total. The van der Waals surface area contributed by atoms with E-state index in [1.54, 1.807) is 0 Å². The van der Waals surface area contributed by atoms with Crippen LogP contribution in [-0.2, 0) is 21.9 Å². The summed E-state index contributed by atoms with van der Waals surface area (Å²) in [6, 6.07) is 0. The van der Waals surface area contributed by atoms with Gasteiger partial charge in [-0.1, -0.05) is 6.92 Å². The molecule has 0 atom stereocenters. The molecule has 6 heavy (non-hydrogen) atoms. The van der Waals surface area contributed by atoms with E-state index in [0.717, 1.165) is 12.7 Å².